The van der Waals surface area contributed by atoms with E-state index in [0.717, 1.165) is 12.0 Å². The Morgan fingerprint density at radius 3 is 2.38 bits per heavy atom. The van der Waals surface area contributed by atoms with Gasteiger partial charge in [0.2, 0.25) is 0 Å². The first-order valence-electron chi connectivity index (χ1n) is 7.42. The highest BCUT2D eigenvalue weighted by molar-refractivity contribution is 5.69. The van der Waals surface area contributed by atoms with E-state index in [9.17, 15) is 4.79 Å². The zero-order valence-corrected chi connectivity index (χ0v) is 13.5. The lowest BCUT2D eigenvalue weighted by Gasteiger charge is -2.32. The third-order valence-corrected chi connectivity index (χ3v) is 3.74. The normalized spacial score (nSPS) is 26.0. The van der Waals surface area contributed by atoms with Gasteiger partial charge in [0, 0.05) is 7.11 Å². The lowest BCUT2D eigenvalue weighted by atomic mass is 9.95. The Morgan fingerprint density at radius 1 is 1.24 bits per heavy atom. The molecule has 0 saturated carbocycles. The van der Waals surface area contributed by atoms with Crippen molar-refractivity contribution >= 4 is 6.09 Å². The highest BCUT2D eigenvalue weighted by Crippen LogP contribution is 2.41. The van der Waals surface area contributed by atoms with E-state index in [1.165, 1.54) is 0 Å². The summed E-state index contributed by atoms with van der Waals surface area (Å²) in [6.45, 7) is 7.78. The summed E-state index contributed by atoms with van der Waals surface area (Å²) in [5.74, 6) is 0.324. The molecule has 0 N–H and O–H groups in total. The Labute approximate surface area is 127 Å². The molecule has 1 aromatic rings. The average molecular weight is 291 g/mol. The standard InChI is InChI=1S/C17H25NO3/c1-12-11-14(20-5)18(16(19)21-17(2,3)4)15(12)13-9-7-6-8-10-13/h6-10,12,14-15H,11H2,1-5H3. The molecule has 116 valence electrons. The summed E-state index contributed by atoms with van der Waals surface area (Å²) in [5.41, 5.74) is 0.609. The molecular weight excluding hydrogens is 266 g/mol. The van der Waals surface area contributed by atoms with E-state index in [4.69, 9.17) is 9.47 Å². The lowest BCUT2D eigenvalue weighted by Crippen LogP contribution is -2.42. The SMILES string of the molecule is COC1CC(C)C(c2ccccc2)N1C(=O)OC(C)(C)C. The largest absolute Gasteiger partial charge is 0.444 e. The minimum Gasteiger partial charge on any atom is -0.444 e. The van der Waals surface area contributed by atoms with E-state index >= 15 is 0 Å². The molecule has 1 aliphatic heterocycles. The fourth-order valence-corrected chi connectivity index (χ4v) is 2.91. The maximum absolute atomic E-state index is 12.6. The number of hydrogen-bond acceptors (Lipinski definition) is 3. The number of carbonyl (C=O) groups is 1. The van der Waals surface area contributed by atoms with Crippen molar-refractivity contribution in [2.24, 2.45) is 5.92 Å². The van der Waals surface area contributed by atoms with Gasteiger partial charge < -0.3 is 9.47 Å². The second kappa shape index (κ2) is 6.06. The number of carbonyl (C=O) groups excluding carboxylic acids is 1. The molecule has 4 heteroatoms. The number of rotatable bonds is 2. The van der Waals surface area contributed by atoms with E-state index in [1.807, 2.05) is 39.0 Å². The number of likely N-dealkylation sites (tertiary alicyclic amines) is 1. The third-order valence-electron chi connectivity index (χ3n) is 3.74. The van der Waals surface area contributed by atoms with Gasteiger partial charge in [0.15, 0.2) is 0 Å². The first-order chi connectivity index (χ1) is 9.83. The van der Waals surface area contributed by atoms with Crippen LogP contribution in [0.3, 0.4) is 0 Å². The van der Waals surface area contributed by atoms with Crippen LogP contribution in [0.25, 0.3) is 0 Å². The molecule has 2 rings (SSSR count). The smallest absolute Gasteiger partial charge is 0.412 e. The Balaban J connectivity index is 2.30. The second-order valence-electron chi connectivity index (χ2n) is 6.65. The number of hydrogen-bond donors (Lipinski definition) is 0. The number of ether oxygens (including phenoxy) is 2. The van der Waals surface area contributed by atoms with E-state index < -0.39 is 5.60 Å². The molecule has 1 saturated heterocycles. The molecule has 1 amide bonds. The number of methoxy groups -OCH3 is 1. The zero-order valence-electron chi connectivity index (χ0n) is 13.5. The number of benzene rings is 1. The molecule has 1 aromatic carbocycles. The lowest BCUT2D eigenvalue weighted by molar-refractivity contribution is -0.0423. The third kappa shape index (κ3) is 3.56. The van der Waals surface area contributed by atoms with E-state index in [2.05, 4.69) is 19.1 Å². The zero-order chi connectivity index (χ0) is 15.6. The highest BCUT2D eigenvalue weighted by atomic mass is 16.6. The van der Waals surface area contributed by atoms with Crippen LogP contribution in [0.15, 0.2) is 30.3 Å². The fourth-order valence-electron chi connectivity index (χ4n) is 2.91. The summed E-state index contributed by atoms with van der Waals surface area (Å²) in [5, 5.41) is 0. The van der Waals surface area contributed by atoms with Gasteiger partial charge in [-0.3, -0.25) is 4.90 Å². The van der Waals surface area contributed by atoms with Gasteiger partial charge in [-0.15, -0.1) is 0 Å². The molecule has 1 fully saturated rings. The van der Waals surface area contributed by atoms with Crippen LogP contribution >= 0.6 is 0 Å². The summed E-state index contributed by atoms with van der Waals surface area (Å²) in [6.07, 6.45) is 0.266. The maximum atomic E-state index is 12.6. The quantitative estimate of drug-likeness (QED) is 0.827. The van der Waals surface area contributed by atoms with Gasteiger partial charge in [0.05, 0.1) is 6.04 Å². The van der Waals surface area contributed by atoms with E-state index in [0.29, 0.717) is 5.92 Å². The second-order valence-corrected chi connectivity index (χ2v) is 6.65. The van der Waals surface area contributed by atoms with Crippen LogP contribution in [-0.4, -0.2) is 29.9 Å². The number of amides is 1. The Bertz CT molecular complexity index is 481. The van der Waals surface area contributed by atoms with Gasteiger partial charge in [0.25, 0.3) is 0 Å². The van der Waals surface area contributed by atoms with Gasteiger partial charge in [-0.1, -0.05) is 37.3 Å². The summed E-state index contributed by atoms with van der Waals surface area (Å²) in [6, 6.07) is 10.1. The minimum absolute atomic E-state index is 0.00833. The van der Waals surface area contributed by atoms with Crippen LogP contribution in [0, 0.1) is 5.92 Å². The Morgan fingerprint density at radius 2 is 1.86 bits per heavy atom. The Kier molecular flexibility index (Phi) is 4.57. The van der Waals surface area contributed by atoms with E-state index in [-0.39, 0.29) is 18.4 Å². The van der Waals surface area contributed by atoms with Crippen LogP contribution in [0.1, 0.15) is 45.7 Å². The molecular formula is C17H25NO3. The first-order valence-corrected chi connectivity index (χ1v) is 7.42. The van der Waals surface area contributed by atoms with Crippen LogP contribution in [0.4, 0.5) is 4.79 Å². The molecule has 0 aromatic heterocycles. The molecule has 0 radical (unpaired) electrons. The van der Waals surface area contributed by atoms with Crippen molar-refractivity contribution in [3.63, 3.8) is 0 Å². The maximum Gasteiger partial charge on any atom is 0.412 e. The predicted molar refractivity (Wildman–Crippen MR) is 81.8 cm³/mol. The van der Waals surface area contributed by atoms with Crippen molar-refractivity contribution in [3.05, 3.63) is 35.9 Å². The van der Waals surface area contributed by atoms with Gasteiger partial charge >= 0.3 is 6.09 Å². The molecule has 3 unspecified atom stereocenters. The van der Waals surface area contributed by atoms with Crippen molar-refractivity contribution in [1.29, 1.82) is 0 Å². The topological polar surface area (TPSA) is 38.8 Å². The van der Waals surface area contributed by atoms with Crippen LogP contribution < -0.4 is 0 Å². The van der Waals surface area contributed by atoms with Crippen molar-refractivity contribution in [1.82, 2.24) is 4.90 Å². The molecule has 3 atom stereocenters. The molecule has 4 nitrogen and oxygen atoms in total. The van der Waals surface area contributed by atoms with Crippen LogP contribution in [-0.2, 0) is 9.47 Å². The predicted octanol–water partition coefficient (Wildman–Crippen LogP) is 3.98. The highest BCUT2D eigenvalue weighted by Gasteiger charge is 2.44. The molecule has 0 aliphatic carbocycles. The fraction of sp³-hybridized carbons (Fsp3) is 0.588. The van der Waals surface area contributed by atoms with Gasteiger partial charge in [-0.05, 0) is 38.7 Å². The van der Waals surface area contributed by atoms with Crippen molar-refractivity contribution in [2.45, 2.75) is 52.0 Å². The monoisotopic (exact) mass is 291 g/mol. The molecule has 1 heterocycles. The van der Waals surface area contributed by atoms with Crippen LogP contribution in [0.5, 0.6) is 0 Å². The first kappa shape index (κ1) is 15.8. The Hall–Kier alpha value is -1.55. The molecule has 0 bridgehead atoms. The molecule has 21 heavy (non-hydrogen) atoms. The van der Waals surface area contributed by atoms with E-state index in [1.54, 1.807) is 12.0 Å². The van der Waals surface area contributed by atoms with Gasteiger partial charge in [0.1, 0.15) is 11.8 Å². The molecule has 0 spiro atoms. The molecule has 1 aliphatic rings. The van der Waals surface area contributed by atoms with Crippen molar-refractivity contribution in [2.75, 3.05) is 7.11 Å². The average Bonchev–Trinajstić information content (AvgIpc) is 2.74. The minimum atomic E-state index is -0.511. The van der Waals surface area contributed by atoms with Gasteiger partial charge in [-0.25, -0.2) is 4.79 Å². The number of nitrogens with zero attached hydrogens (tertiary/aromatic N) is 1. The van der Waals surface area contributed by atoms with Gasteiger partial charge in [-0.2, -0.15) is 0 Å². The van der Waals surface area contributed by atoms with Crippen molar-refractivity contribution < 1.29 is 14.3 Å². The summed E-state index contributed by atoms with van der Waals surface area (Å²) < 4.78 is 11.1. The van der Waals surface area contributed by atoms with Crippen LogP contribution in [0.2, 0.25) is 0 Å². The summed E-state index contributed by atoms with van der Waals surface area (Å²) in [7, 11) is 1.64. The van der Waals surface area contributed by atoms with Crippen molar-refractivity contribution in [3.8, 4) is 0 Å². The summed E-state index contributed by atoms with van der Waals surface area (Å²) in [4.78, 5) is 14.3. The summed E-state index contributed by atoms with van der Waals surface area (Å²) >= 11 is 0.